The number of hydrogen-bond acceptors (Lipinski definition) is 5. The summed E-state index contributed by atoms with van der Waals surface area (Å²) in [7, 11) is 0. The predicted octanol–water partition coefficient (Wildman–Crippen LogP) is -2.08. The van der Waals surface area contributed by atoms with Crippen molar-refractivity contribution in [1.29, 1.82) is 0 Å². The molecule has 1 unspecified atom stereocenters. The number of hydrogen-bond donors (Lipinski definition) is 3. The summed E-state index contributed by atoms with van der Waals surface area (Å²) in [6.07, 6.45) is -0.157. The lowest BCUT2D eigenvalue weighted by Crippen LogP contribution is -2.53. The predicted molar refractivity (Wildman–Crippen MR) is 60.3 cm³/mol. The maximum absolute atomic E-state index is 11.0. The zero-order chi connectivity index (χ0) is 12.8. The van der Waals surface area contributed by atoms with Gasteiger partial charge in [-0.3, -0.25) is 19.4 Å². The lowest BCUT2D eigenvalue weighted by Gasteiger charge is -2.37. The molecule has 0 bridgehead atoms. The standard InChI is InChI=1S/C10H19N3O4/c11-9(15)7-8(10(16)17)13-3-1-12(2-4-13)5-6-14/h8,14H,1-7H2,(H2,11,15)(H,16,17). The molecule has 0 spiro atoms. The van der Waals surface area contributed by atoms with E-state index in [4.69, 9.17) is 15.9 Å². The first-order chi connectivity index (χ1) is 8.04. The SMILES string of the molecule is NC(=O)CC(C(=O)O)N1CCN(CCO)CC1. The van der Waals surface area contributed by atoms with Gasteiger partial charge >= 0.3 is 5.97 Å². The summed E-state index contributed by atoms with van der Waals surface area (Å²) in [5.41, 5.74) is 5.04. The fourth-order valence-electron chi connectivity index (χ4n) is 2.00. The Balaban J connectivity index is 2.49. The maximum Gasteiger partial charge on any atom is 0.321 e. The minimum absolute atomic E-state index is 0.101. The van der Waals surface area contributed by atoms with Crippen LogP contribution < -0.4 is 5.73 Å². The van der Waals surface area contributed by atoms with Crippen molar-refractivity contribution in [3.8, 4) is 0 Å². The average molecular weight is 245 g/mol. The highest BCUT2D eigenvalue weighted by Gasteiger charge is 2.29. The molecule has 1 amide bonds. The number of aliphatic carboxylic acids is 1. The van der Waals surface area contributed by atoms with Crippen LogP contribution in [0.2, 0.25) is 0 Å². The third-order valence-corrected chi connectivity index (χ3v) is 2.94. The van der Waals surface area contributed by atoms with Crippen LogP contribution in [0.5, 0.6) is 0 Å². The number of carbonyl (C=O) groups is 2. The topological polar surface area (TPSA) is 107 Å². The first-order valence-electron chi connectivity index (χ1n) is 5.63. The average Bonchev–Trinajstić information content (AvgIpc) is 2.27. The molecular formula is C10H19N3O4. The van der Waals surface area contributed by atoms with Crippen LogP contribution in [0.15, 0.2) is 0 Å². The van der Waals surface area contributed by atoms with Crippen LogP contribution in [-0.4, -0.2) is 77.3 Å². The fourth-order valence-corrected chi connectivity index (χ4v) is 2.00. The van der Waals surface area contributed by atoms with Gasteiger partial charge in [-0.05, 0) is 0 Å². The Morgan fingerprint density at radius 1 is 1.24 bits per heavy atom. The number of carboxylic acid groups (broad SMARTS) is 1. The molecule has 4 N–H and O–H groups in total. The molecular weight excluding hydrogens is 226 g/mol. The zero-order valence-electron chi connectivity index (χ0n) is 9.71. The van der Waals surface area contributed by atoms with Crippen molar-refractivity contribution in [3.63, 3.8) is 0 Å². The number of carbonyl (C=O) groups excluding carboxylic acids is 1. The van der Waals surface area contributed by atoms with Gasteiger partial charge < -0.3 is 15.9 Å². The van der Waals surface area contributed by atoms with Gasteiger partial charge in [0, 0.05) is 32.7 Å². The van der Waals surface area contributed by atoms with Crippen LogP contribution >= 0.6 is 0 Å². The first-order valence-corrected chi connectivity index (χ1v) is 5.63. The highest BCUT2D eigenvalue weighted by molar-refractivity contribution is 5.83. The van der Waals surface area contributed by atoms with E-state index < -0.39 is 17.9 Å². The molecule has 0 aromatic carbocycles. The van der Waals surface area contributed by atoms with Crippen molar-refractivity contribution < 1.29 is 19.8 Å². The lowest BCUT2D eigenvalue weighted by molar-refractivity contribution is -0.146. The summed E-state index contributed by atoms with van der Waals surface area (Å²) in [5, 5.41) is 17.8. The van der Waals surface area contributed by atoms with Crippen molar-refractivity contribution >= 4 is 11.9 Å². The Hall–Kier alpha value is -1.18. The minimum Gasteiger partial charge on any atom is -0.480 e. The normalized spacial score (nSPS) is 20.1. The summed E-state index contributed by atoms with van der Waals surface area (Å²) < 4.78 is 0. The minimum atomic E-state index is -1.01. The quantitative estimate of drug-likeness (QED) is 0.496. The number of carboxylic acids is 1. The van der Waals surface area contributed by atoms with Crippen molar-refractivity contribution in [3.05, 3.63) is 0 Å². The van der Waals surface area contributed by atoms with Crippen LogP contribution in [0.1, 0.15) is 6.42 Å². The zero-order valence-corrected chi connectivity index (χ0v) is 9.71. The molecule has 1 aliphatic heterocycles. The maximum atomic E-state index is 11.0. The van der Waals surface area contributed by atoms with Gasteiger partial charge in [0.15, 0.2) is 0 Å². The summed E-state index contributed by atoms with van der Waals surface area (Å²) >= 11 is 0. The Kier molecular flexibility index (Phi) is 5.33. The second-order valence-corrected chi connectivity index (χ2v) is 4.13. The lowest BCUT2D eigenvalue weighted by atomic mass is 10.1. The third kappa shape index (κ3) is 4.29. The van der Waals surface area contributed by atoms with E-state index in [1.54, 1.807) is 4.90 Å². The molecule has 1 aliphatic rings. The molecule has 0 aliphatic carbocycles. The summed E-state index contributed by atoms with van der Waals surface area (Å²) in [4.78, 5) is 25.7. The smallest absolute Gasteiger partial charge is 0.321 e. The van der Waals surface area contributed by atoms with E-state index in [1.165, 1.54) is 0 Å². The van der Waals surface area contributed by atoms with Gasteiger partial charge in [0.2, 0.25) is 5.91 Å². The van der Waals surface area contributed by atoms with E-state index in [0.29, 0.717) is 32.7 Å². The van der Waals surface area contributed by atoms with Crippen molar-refractivity contribution in [1.82, 2.24) is 9.80 Å². The Morgan fingerprint density at radius 2 is 1.82 bits per heavy atom. The van der Waals surface area contributed by atoms with E-state index in [-0.39, 0.29) is 13.0 Å². The van der Waals surface area contributed by atoms with Gasteiger partial charge in [-0.25, -0.2) is 0 Å². The number of nitrogens with two attached hydrogens (primary N) is 1. The number of aliphatic hydroxyl groups excluding tert-OH is 1. The molecule has 0 saturated carbocycles. The summed E-state index contributed by atoms with van der Waals surface area (Å²) in [5.74, 6) is -1.62. The van der Waals surface area contributed by atoms with Gasteiger partial charge in [-0.15, -0.1) is 0 Å². The molecule has 7 heteroatoms. The van der Waals surface area contributed by atoms with Crippen LogP contribution in [-0.2, 0) is 9.59 Å². The van der Waals surface area contributed by atoms with Crippen molar-refractivity contribution in [2.24, 2.45) is 5.73 Å². The largest absolute Gasteiger partial charge is 0.480 e. The van der Waals surface area contributed by atoms with Gasteiger partial charge in [0.25, 0.3) is 0 Å². The highest BCUT2D eigenvalue weighted by Crippen LogP contribution is 2.09. The van der Waals surface area contributed by atoms with Gasteiger partial charge in [0.1, 0.15) is 6.04 Å². The first kappa shape index (κ1) is 13.9. The molecule has 98 valence electrons. The molecule has 0 aromatic heterocycles. The third-order valence-electron chi connectivity index (χ3n) is 2.94. The van der Waals surface area contributed by atoms with Crippen LogP contribution in [0, 0.1) is 0 Å². The molecule has 1 saturated heterocycles. The Morgan fingerprint density at radius 3 is 2.24 bits per heavy atom. The monoisotopic (exact) mass is 245 g/mol. The second-order valence-electron chi connectivity index (χ2n) is 4.13. The van der Waals surface area contributed by atoms with Gasteiger partial charge in [0.05, 0.1) is 13.0 Å². The molecule has 0 radical (unpaired) electrons. The number of piperazine rings is 1. The molecule has 7 nitrogen and oxygen atoms in total. The van der Waals surface area contributed by atoms with Crippen molar-refractivity contribution in [2.45, 2.75) is 12.5 Å². The van der Waals surface area contributed by atoms with E-state index in [2.05, 4.69) is 4.90 Å². The van der Waals surface area contributed by atoms with E-state index >= 15 is 0 Å². The Bertz CT molecular complexity index is 277. The van der Waals surface area contributed by atoms with E-state index in [9.17, 15) is 9.59 Å². The van der Waals surface area contributed by atoms with Crippen LogP contribution in [0.4, 0.5) is 0 Å². The number of amides is 1. The second kappa shape index (κ2) is 6.53. The molecule has 17 heavy (non-hydrogen) atoms. The fraction of sp³-hybridized carbons (Fsp3) is 0.800. The molecule has 1 atom stereocenters. The van der Waals surface area contributed by atoms with Crippen LogP contribution in [0.25, 0.3) is 0 Å². The van der Waals surface area contributed by atoms with Crippen molar-refractivity contribution in [2.75, 3.05) is 39.3 Å². The Labute approximate surface area is 99.8 Å². The van der Waals surface area contributed by atoms with Crippen LogP contribution in [0.3, 0.4) is 0 Å². The number of rotatable bonds is 6. The summed E-state index contributed by atoms with van der Waals surface area (Å²) in [6.45, 7) is 3.24. The molecule has 1 heterocycles. The van der Waals surface area contributed by atoms with E-state index in [1.807, 2.05) is 0 Å². The molecule has 1 fully saturated rings. The van der Waals surface area contributed by atoms with Gasteiger partial charge in [-0.2, -0.15) is 0 Å². The number of β-amino-alcohol motifs (C(OH)–C–C–N with tert-alkyl or cyclic N) is 1. The summed E-state index contributed by atoms with van der Waals surface area (Å²) in [6, 6.07) is -0.830. The number of aliphatic hydroxyl groups is 1. The molecule has 0 aromatic rings. The van der Waals surface area contributed by atoms with Gasteiger partial charge in [-0.1, -0.05) is 0 Å². The number of nitrogens with zero attached hydrogens (tertiary/aromatic N) is 2. The number of primary amides is 1. The molecule has 1 rings (SSSR count). The van der Waals surface area contributed by atoms with E-state index in [0.717, 1.165) is 0 Å². The highest BCUT2D eigenvalue weighted by atomic mass is 16.4.